The van der Waals surface area contributed by atoms with Gasteiger partial charge in [0, 0.05) is 38.2 Å². The van der Waals surface area contributed by atoms with Crippen molar-refractivity contribution in [2.45, 2.75) is 57.8 Å². The largest absolute Gasteiger partial charge is 0.487 e. The molecule has 0 saturated carbocycles. The van der Waals surface area contributed by atoms with E-state index in [2.05, 4.69) is 47.3 Å². The maximum Gasteiger partial charge on any atom is 0.127 e. The number of ether oxygens (including phenoxy) is 1. The maximum absolute atomic E-state index is 6.21. The monoisotopic (exact) mass is 341 g/mol. The van der Waals surface area contributed by atoms with Gasteiger partial charge in [-0.15, -0.1) is 5.10 Å². The summed E-state index contributed by atoms with van der Waals surface area (Å²) in [6, 6.07) is 6.99. The van der Waals surface area contributed by atoms with Gasteiger partial charge in [0.25, 0.3) is 0 Å². The minimum atomic E-state index is -0.0841. The molecule has 1 aromatic heterocycles. The van der Waals surface area contributed by atoms with Gasteiger partial charge in [0.1, 0.15) is 11.4 Å². The summed E-state index contributed by atoms with van der Waals surface area (Å²) in [6.07, 6.45) is 5.16. The third-order valence-corrected chi connectivity index (χ3v) is 5.26. The first-order chi connectivity index (χ1) is 12.0. The van der Waals surface area contributed by atoms with Crippen molar-refractivity contribution in [2.75, 3.05) is 13.1 Å². The van der Waals surface area contributed by atoms with Gasteiger partial charge in [-0.3, -0.25) is 4.90 Å². The SMILES string of the molecule is CC1(C)Cc2cccc(CN3CCC(n4cc(CN)nn4)CC3)c2O1. The number of hydrogen-bond acceptors (Lipinski definition) is 5. The molecule has 0 bridgehead atoms. The van der Waals surface area contributed by atoms with E-state index in [-0.39, 0.29) is 5.60 Å². The van der Waals surface area contributed by atoms with Crippen molar-refractivity contribution in [1.29, 1.82) is 0 Å². The quantitative estimate of drug-likeness (QED) is 0.924. The van der Waals surface area contributed by atoms with E-state index in [9.17, 15) is 0 Å². The topological polar surface area (TPSA) is 69.2 Å². The number of fused-ring (bicyclic) bond motifs is 1. The van der Waals surface area contributed by atoms with Crippen LogP contribution in [0.3, 0.4) is 0 Å². The number of para-hydroxylation sites is 1. The Labute approximate surface area is 148 Å². The standard InChI is InChI=1S/C19H27N5O/c1-19(2)10-14-4-3-5-15(18(14)25-19)12-23-8-6-17(7-9-23)24-13-16(11-20)21-22-24/h3-5,13,17H,6-12,20H2,1-2H3. The number of aromatic nitrogens is 3. The molecule has 2 aromatic rings. The Bertz CT molecular complexity index is 746. The second-order valence-electron chi connectivity index (χ2n) is 7.85. The minimum Gasteiger partial charge on any atom is -0.487 e. The predicted molar refractivity (Wildman–Crippen MR) is 96.3 cm³/mol. The second kappa shape index (κ2) is 6.42. The molecule has 6 nitrogen and oxygen atoms in total. The van der Waals surface area contributed by atoms with Crippen LogP contribution in [0.15, 0.2) is 24.4 Å². The molecule has 2 aliphatic heterocycles. The molecule has 4 rings (SSSR count). The lowest BCUT2D eigenvalue weighted by Crippen LogP contribution is -2.34. The smallest absolute Gasteiger partial charge is 0.127 e. The van der Waals surface area contributed by atoms with Gasteiger partial charge in [0.15, 0.2) is 0 Å². The van der Waals surface area contributed by atoms with Crippen molar-refractivity contribution in [3.8, 4) is 5.75 Å². The number of benzene rings is 1. The van der Waals surface area contributed by atoms with Gasteiger partial charge in [-0.1, -0.05) is 23.4 Å². The lowest BCUT2D eigenvalue weighted by molar-refractivity contribution is 0.132. The molecule has 2 aliphatic rings. The number of nitrogens with two attached hydrogens (primary N) is 1. The van der Waals surface area contributed by atoms with Crippen LogP contribution in [0.1, 0.15) is 49.6 Å². The Kier molecular flexibility index (Phi) is 4.25. The van der Waals surface area contributed by atoms with Crippen molar-refractivity contribution in [1.82, 2.24) is 19.9 Å². The van der Waals surface area contributed by atoms with Crippen LogP contribution < -0.4 is 10.5 Å². The zero-order valence-corrected chi connectivity index (χ0v) is 15.1. The minimum absolute atomic E-state index is 0.0841. The van der Waals surface area contributed by atoms with Crippen molar-refractivity contribution in [3.63, 3.8) is 0 Å². The van der Waals surface area contributed by atoms with Crippen LogP contribution in [-0.4, -0.2) is 38.6 Å². The summed E-state index contributed by atoms with van der Waals surface area (Å²) in [6.45, 7) is 7.86. The maximum atomic E-state index is 6.21. The molecule has 1 aromatic carbocycles. The van der Waals surface area contributed by atoms with E-state index >= 15 is 0 Å². The molecule has 0 radical (unpaired) electrons. The molecule has 134 valence electrons. The van der Waals surface area contributed by atoms with Gasteiger partial charge in [0.2, 0.25) is 0 Å². The zero-order valence-electron chi connectivity index (χ0n) is 15.1. The third-order valence-electron chi connectivity index (χ3n) is 5.26. The highest BCUT2D eigenvalue weighted by atomic mass is 16.5. The van der Waals surface area contributed by atoms with E-state index < -0.39 is 0 Å². The van der Waals surface area contributed by atoms with Gasteiger partial charge < -0.3 is 10.5 Å². The van der Waals surface area contributed by atoms with Crippen LogP contribution in [0.25, 0.3) is 0 Å². The molecular weight excluding hydrogens is 314 g/mol. The molecule has 1 fully saturated rings. The Balaban J connectivity index is 1.39. The number of likely N-dealkylation sites (tertiary alicyclic amines) is 1. The first kappa shape index (κ1) is 16.5. The van der Waals surface area contributed by atoms with Crippen molar-refractivity contribution < 1.29 is 4.74 Å². The first-order valence-electron chi connectivity index (χ1n) is 9.17. The molecule has 6 heteroatoms. The Morgan fingerprint density at radius 3 is 2.80 bits per heavy atom. The molecule has 0 unspecified atom stereocenters. The highest BCUT2D eigenvalue weighted by Gasteiger charge is 2.32. The predicted octanol–water partition coefficient (Wildman–Crippen LogP) is 2.29. The highest BCUT2D eigenvalue weighted by Crippen LogP contribution is 2.38. The number of hydrogen-bond donors (Lipinski definition) is 1. The van der Waals surface area contributed by atoms with Gasteiger partial charge in [-0.25, -0.2) is 4.68 Å². The number of piperidine rings is 1. The Morgan fingerprint density at radius 1 is 1.28 bits per heavy atom. The summed E-state index contributed by atoms with van der Waals surface area (Å²) in [5.74, 6) is 1.11. The van der Waals surface area contributed by atoms with Gasteiger partial charge in [-0.05, 0) is 32.3 Å². The Morgan fingerprint density at radius 2 is 2.08 bits per heavy atom. The second-order valence-corrected chi connectivity index (χ2v) is 7.85. The third kappa shape index (κ3) is 3.41. The van der Waals surface area contributed by atoms with Gasteiger partial charge in [-0.2, -0.15) is 0 Å². The Hall–Kier alpha value is -1.92. The lowest BCUT2D eigenvalue weighted by atomic mass is 10.00. The van der Waals surface area contributed by atoms with Gasteiger partial charge >= 0.3 is 0 Å². The van der Waals surface area contributed by atoms with E-state index in [1.165, 1.54) is 11.1 Å². The summed E-state index contributed by atoms with van der Waals surface area (Å²) in [4.78, 5) is 2.52. The number of nitrogens with zero attached hydrogens (tertiary/aromatic N) is 4. The normalized spacial score (nSPS) is 20.4. The fourth-order valence-electron chi connectivity index (χ4n) is 3.97. The van der Waals surface area contributed by atoms with E-state index in [1.807, 2.05) is 10.9 Å². The van der Waals surface area contributed by atoms with Gasteiger partial charge in [0.05, 0.1) is 17.9 Å². The average Bonchev–Trinajstić information content (AvgIpc) is 3.19. The molecule has 0 spiro atoms. The molecule has 0 atom stereocenters. The summed E-state index contributed by atoms with van der Waals surface area (Å²) in [5.41, 5.74) is 9.06. The molecular formula is C19H27N5O. The van der Waals surface area contributed by atoms with E-state index in [1.54, 1.807) is 0 Å². The van der Waals surface area contributed by atoms with E-state index in [4.69, 9.17) is 10.5 Å². The van der Waals surface area contributed by atoms with Crippen molar-refractivity contribution in [2.24, 2.45) is 5.73 Å². The molecule has 25 heavy (non-hydrogen) atoms. The summed E-state index contributed by atoms with van der Waals surface area (Å²) in [5, 5.41) is 8.34. The van der Waals surface area contributed by atoms with Crippen LogP contribution in [-0.2, 0) is 19.5 Å². The summed E-state index contributed by atoms with van der Waals surface area (Å²) >= 11 is 0. The van der Waals surface area contributed by atoms with Crippen LogP contribution in [0.2, 0.25) is 0 Å². The van der Waals surface area contributed by atoms with Crippen molar-refractivity contribution in [3.05, 3.63) is 41.2 Å². The average molecular weight is 341 g/mol. The van der Waals surface area contributed by atoms with Crippen LogP contribution >= 0.6 is 0 Å². The molecule has 0 amide bonds. The summed E-state index contributed by atoms with van der Waals surface area (Å²) in [7, 11) is 0. The molecule has 1 saturated heterocycles. The van der Waals surface area contributed by atoms with Crippen molar-refractivity contribution >= 4 is 0 Å². The van der Waals surface area contributed by atoms with Crippen LogP contribution in [0.4, 0.5) is 0 Å². The van der Waals surface area contributed by atoms with Crippen LogP contribution in [0.5, 0.6) is 5.75 Å². The lowest BCUT2D eigenvalue weighted by Gasteiger charge is -2.32. The first-order valence-corrected chi connectivity index (χ1v) is 9.17. The fraction of sp³-hybridized carbons (Fsp3) is 0.579. The number of rotatable bonds is 4. The van der Waals surface area contributed by atoms with E-state index in [0.29, 0.717) is 12.6 Å². The fourth-order valence-corrected chi connectivity index (χ4v) is 3.97. The summed E-state index contributed by atoms with van der Waals surface area (Å²) < 4.78 is 8.20. The zero-order chi connectivity index (χ0) is 17.4. The molecule has 0 aliphatic carbocycles. The van der Waals surface area contributed by atoms with E-state index in [0.717, 1.165) is 50.3 Å². The molecule has 2 N–H and O–H groups in total. The van der Waals surface area contributed by atoms with Crippen LogP contribution in [0, 0.1) is 0 Å². The highest BCUT2D eigenvalue weighted by molar-refractivity contribution is 5.45. The molecule has 3 heterocycles.